The molecule has 132 valence electrons. The largest absolute Gasteiger partial charge is 0.370 e. The molecule has 1 aliphatic rings. The Hall–Kier alpha value is -1.95. The number of rotatable bonds is 4. The summed E-state index contributed by atoms with van der Waals surface area (Å²) >= 11 is 5.43. The van der Waals surface area contributed by atoms with Crippen LogP contribution < -0.4 is 15.5 Å². The lowest BCUT2D eigenvalue weighted by Crippen LogP contribution is -3.12. The minimum Gasteiger partial charge on any atom is -0.370 e. The van der Waals surface area contributed by atoms with Gasteiger partial charge in [-0.2, -0.15) is 0 Å². The van der Waals surface area contributed by atoms with Crippen molar-refractivity contribution < 1.29 is 9.64 Å². The monoisotopic (exact) mass is 356 g/mol. The molecule has 0 saturated carbocycles. The van der Waals surface area contributed by atoms with Crippen LogP contribution in [0.5, 0.6) is 0 Å². The lowest BCUT2D eigenvalue weighted by atomic mass is 10.1. The maximum Gasteiger partial charge on any atom is 0.175 e. The van der Waals surface area contributed by atoms with Gasteiger partial charge in [0.15, 0.2) is 5.11 Å². The highest BCUT2D eigenvalue weighted by Gasteiger charge is 2.13. The van der Waals surface area contributed by atoms with Gasteiger partial charge in [0.05, 0.1) is 13.2 Å². The maximum atomic E-state index is 5.43. The predicted octanol–water partition coefficient (Wildman–Crippen LogP) is 2.53. The number of benzene rings is 2. The maximum absolute atomic E-state index is 5.43. The Morgan fingerprint density at radius 2 is 1.56 bits per heavy atom. The lowest BCUT2D eigenvalue weighted by molar-refractivity contribution is -0.921. The first-order valence-corrected chi connectivity index (χ1v) is 9.16. The zero-order chi connectivity index (χ0) is 17.6. The molecule has 0 unspecified atom stereocenters. The molecule has 2 aromatic rings. The van der Waals surface area contributed by atoms with Gasteiger partial charge in [0.25, 0.3) is 0 Å². The molecule has 3 rings (SSSR count). The highest BCUT2D eigenvalue weighted by molar-refractivity contribution is 7.80. The summed E-state index contributed by atoms with van der Waals surface area (Å²) in [5.41, 5.74) is 5.81. The first-order valence-electron chi connectivity index (χ1n) is 8.75. The van der Waals surface area contributed by atoms with E-state index in [1.165, 1.54) is 16.7 Å². The first-order chi connectivity index (χ1) is 12.1. The summed E-state index contributed by atoms with van der Waals surface area (Å²) < 4.78 is 5.41. The number of morpholine rings is 1. The summed E-state index contributed by atoms with van der Waals surface area (Å²) in [7, 11) is 0. The lowest BCUT2D eigenvalue weighted by Gasteiger charge is -2.23. The van der Waals surface area contributed by atoms with E-state index in [0.717, 1.165) is 44.2 Å². The van der Waals surface area contributed by atoms with Crippen LogP contribution in [0, 0.1) is 13.8 Å². The minimum absolute atomic E-state index is 0.608. The van der Waals surface area contributed by atoms with Crippen LogP contribution in [0.3, 0.4) is 0 Å². The van der Waals surface area contributed by atoms with Crippen molar-refractivity contribution in [1.82, 2.24) is 0 Å². The summed E-state index contributed by atoms with van der Waals surface area (Å²) in [5.74, 6) is 0. The van der Waals surface area contributed by atoms with E-state index in [1.54, 1.807) is 4.90 Å². The summed E-state index contributed by atoms with van der Waals surface area (Å²) in [5, 5.41) is 7.12. The SMILES string of the molecule is Cc1cc(C)cc(NC(=S)Nc2ccc(C[NH+]3CCOCC3)cc2)c1. The molecular formula is C20H26N3OS+. The van der Waals surface area contributed by atoms with Crippen LogP contribution in [0.4, 0.5) is 11.4 Å². The number of ether oxygens (including phenoxy) is 1. The second-order valence-corrected chi connectivity index (χ2v) is 7.10. The molecule has 4 nitrogen and oxygen atoms in total. The van der Waals surface area contributed by atoms with Gasteiger partial charge in [-0.1, -0.05) is 18.2 Å². The molecule has 1 heterocycles. The Bertz CT molecular complexity index is 704. The van der Waals surface area contributed by atoms with Crippen molar-refractivity contribution in [1.29, 1.82) is 0 Å². The summed E-state index contributed by atoms with van der Waals surface area (Å²) in [6.07, 6.45) is 0. The van der Waals surface area contributed by atoms with Crippen LogP contribution >= 0.6 is 12.2 Å². The second-order valence-electron chi connectivity index (χ2n) is 6.69. The molecule has 0 atom stereocenters. The van der Waals surface area contributed by atoms with Gasteiger partial charge in [0, 0.05) is 16.9 Å². The quantitative estimate of drug-likeness (QED) is 0.736. The van der Waals surface area contributed by atoms with Crippen molar-refractivity contribution in [3.8, 4) is 0 Å². The summed E-state index contributed by atoms with van der Waals surface area (Å²) in [6, 6.07) is 14.9. The van der Waals surface area contributed by atoms with Crippen LogP contribution in [-0.4, -0.2) is 31.4 Å². The van der Waals surface area contributed by atoms with Crippen molar-refractivity contribution in [2.45, 2.75) is 20.4 Å². The molecule has 0 spiro atoms. The Morgan fingerprint density at radius 3 is 2.20 bits per heavy atom. The van der Waals surface area contributed by atoms with Crippen molar-refractivity contribution in [3.63, 3.8) is 0 Å². The van der Waals surface area contributed by atoms with Crippen LogP contribution in [0.2, 0.25) is 0 Å². The van der Waals surface area contributed by atoms with Crippen LogP contribution in [-0.2, 0) is 11.3 Å². The normalized spacial score (nSPS) is 15.0. The van der Waals surface area contributed by atoms with Crippen molar-refractivity contribution in [3.05, 3.63) is 59.2 Å². The fraction of sp³-hybridized carbons (Fsp3) is 0.350. The highest BCUT2D eigenvalue weighted by Crippen LogP contribution is 2.15. The smallest absolute Gasteiger partial charge is 0.175 e. The molecule has 5 heteroatoms. The van der Waals surface area contributed by atoms with E-state index in [9.17, 15) is 0 Å². The average molecular weight is 357 g/mol. The van der Waals surface area contributed by atoms with Crippen LogP contribution in [0.1, 0.15) is 16.7 Å². The van der Waals surface area contributed by atoms with Crippen molar-refractivity contribution in [2.24, 2.45) is 0 Å². The average Bonchev–Trinajstić information content (AvgIpc) is 2.56. The number of aryl methyl sites for hydroxylation is 2. The van der Waals surface area contributed by atoms with E-state index in [-0.39, 0.29) is 0 Å². The predicted molar refractivity (Wildman–Crippen MR) is 107 cm³/mol. The molecule has 3 N–H and O–H groups in total. The van der Waals surface area contributed by atoms with Crippen LogP contribution in [0.25, 0.3) is 0 Å². The molecule has 2 aromatic carbocycles. The number of quaternary nitrogens is 1. The van der Waals surface area contributed by atoms with Gasteiger partial charge in [0.2, 0.25) is 0 Å². The van der Waals surface area contributed by atoms with Gasteiger partial charge in [-0.15, -0.1) is 0 Å². The van der Waals surface area contributed by atoms with E-state index in [0.29, 0.717) is 5.11 Å². The standard InChI is InChI=1S/C20H25N3OS/c1-15-11-16(2)13-19(12-15)22-20(25)21-18-5-3-17(4-6-18)14-23-7-9-24-10-8-23/h3-6,11-13H,7-10,14H2,1-2H3,(H2,21,22,25)/p+1. The molecule has 1 saturated heterocycles. The van der Waals surface area contributed by atoms with Crippen molar-refractivity contribution in [2.75, 3.05) is 36.9 Å². The van der Waals surface area contributed by atoms with E-state index in [1.807, 2.05) is 0 Å². The molecule has 0 amide bonds. The van der Waals surface area contributed by atoms with Crippen LogP contribution in [0.15, 0.2) is 42.5 Å². The first kappa shape index (κ1) is 17.9. The number of hydrogen-bond acceptors (Lipinski definition) is 2. The topological polar surface area (TPSA) is 37.7 Å². The fourth-order valence-electron chi connectivity index (χ4n) is 3.17. The molecule has 1 aliphatic heterocycles. The number of thiocarbonyl (C=S) groups is 1. The van der Waals surface area contributed by atoms with E-state index < -0.39 is 0 Å². The van der Waals surface area contributed by atoms with E-state index >= 15 is 0 Å². The van der Waals surface area contributed by atoms with Crippen molar-refractivity contribution >= 4 is 28.7 Å². The zero-order valence-electron chi connectivity index (χ0n) is 14.9. The third kappa shape index (κ3) is 5.53. The Morgan fingerprint density at radius 1 is 0.960 bits per heavy atom. The fourth-order valence-corrected chi connectivity index (χ4v) is 3.41. The number of anilines is 2. The highest BCUT2D eigenvalue weighted by atomic mass is 32.1. The number of hydrogen-bond donors (Lipinski definition) is 3. The summed E-state index contributed by atoms with van der Waals surface area (Å²) in [6.45, 7) is 9.14. The Kier molecular flexibility index (Phi) is 6.02. The molecule has 1 fully saturated rings. The summed E-state index contributed by atoms with van der Waals surface area (Å²) in [4.78, 5) is 1.58. The molecule has 0 aromatic heterocycles. The zero-order valence-corrected chi connectivity index (χ0v) is 15.7. The van der Waals surface area contributed by atoms with Gasteiger partial charge in [-0.05, 0) is 61.5 Å². The Labute approximate surface area is 155 Å². The molecule has 25 heavy (non-hydrogen) atoms. The third-order valence-corrected chi connectivity index (χ3v) is 4.55. The molecule has 0 radical (unpaired) electrons. The third-order valence-electron chi connectivity index (χ3n) is 4.35. The van der Waals surface area contributed by atoms with Gasteiger partial charge >= 0.3 is 0 Å². The van der Waals surface area contributed by atoms with Gasteiger partial charge < -0.3 is 20.3 Å². The van der Waals surface area contributed by atoms with Gasteiger partial charge in [-0.3, -0.25) is 0 Å². The van der Waals surface area contributed by atoms with E-state index in [4.69, 9.17) is 17.0 Å². The van der Waals surface area contributed by atoms with E-state index in [2.05, 4.69) is 66.9 Å². The number of nitrogens with one attached hydrogen (secondary N) is 3. The minimum atomic E-state index is 0.608. The molecule has 0 bridgehead atoms. The van der Waals surface area contributed by atoms with Gasteiger partial charge in [0.1, 0.15) is 19.6 Å². The Balaban J connectivity index is 1.54. The second kappa shape index (κ2) is 8.43. The van der Waals surface area contributed by atoms with Gasteiger partial charge in [-0.25, -0.2) is 0 Å². The molecular weight excluding hydrogens is 330 g/mol. The molecule has 0 aliphatic carbocycles.